The number of carbonyl (C=O) groups excluding carboxylic acids is 1. The van der Waals surface area contributed by atoms with Gasteiger partial charge < -0.3 is 4.74 Å². The fourth-order valence-electron chi connectivity index (χ4n) is 1.65. The maximum absolute atomic E-state index is 13.3. The third kappa shape index (κ3) is 1.60. The second-order valence-corrected chi connectivity index (χ2v) is 4.20. The predicted octanol–water partition coefficient (Wildman–Crippen LogP) is 2.71. The van der Waals surface area contributed by atoms with Crippen LogP contribution in [0.1, 0.15) is 30.6 Å². The second kappa shape index (κ2) is 3.02. The van der Waals surface area contributed by atoms with Gasteiger partial charge >= 0.3 is 0 Å². The first-order valence-corrected chi connectivity index (χ1v) is 4.61. The monoisotopic (exact) mass is 212 g/mol. The summed E-state index contributed by atoms with van der Waals surface area (Å²) >= 11 is 0. The number of hydrogen-bond donors (Lipinski definition) is 0. The molecular formula is C11H10F2O2. The number of ether oxygens (including phenoxy) is 1. The third-order valence-electron chi connectivity index (χ3n) is 2.32. The Balaban J connectivity index is 2.61. The molecule has 80 valence electrons. The molecule has 0 atom stereocenters. The van der Waals surface area contributed by atoms with E-state index in [1.807, 2.05) is 0 Å². The van der Waals surface area contributed by atoms with Crippen molar-refractivity contribution < 1.29 is 18.3 Å². The minimum atomic E-state index is -1.09. The molecule has 15 heavy (non-hydrogen) atoms. The van der Waals surface area contributed by atoms with E-state index in [1.165, 1.54) is 6.07 Å². The molecule has 0 fully saturated rings. The summed E-state index contributed by atoms with van der Waals surface area (Å²) in [6.07, 6.45) is 0.172. The molecule has 0 aromatic heterocycles. The summed E-state index contributed by atoms with van der Waals surface area (Å²) in [6.45, 7) is 3.33. The molecule has 1 aliphatic rings. The second-order valence-electron chi connectivity index (χ2n) is 4.20. The van der Waals surface area contributed by atoms with Gasteiger partial charge in [0.15, 0.2) is 17.3 Å². The van der Waals surface area contributed by atoms with Crippen molar-refractivity contribution in [2.45, 2.75) is 25.9 Å². The van der Waals surface area contributed by atoms with Gasteiger partial charge in [0.25, 0.3) is 0 Å². The van der Waals surface area contributed by atoms with Crippen molar-refractivity contribution in [3.05, 3.63) is 29.3 Å². The Morgan fingerprint density at radius 3 is 2.67 bits per heavy atom. The summed E-state index contributed by atoms with van der Waals surface area (Å²) in [5.74, 6) is -2.58. The minimum absolute atomic E-state index is 0.119. The minimum Gasteiger partial charge on any atom is -0.483 e. The molecule has 0 spiro atoms. The highest BCUT2D eigenvalue weighted by atomic mass is 19.2. The molecule has 0 amide bonds. The lowest BCUT2D eigenvalue weighted by atomic mass is 9.93. The summed E-state index contributed by atoms with van der Waals surface area (Å²) in [7, 11) is 0. The first-order chi connectivity index (χ1) is 6.91. The zero-order valence-electron chi connectivity index (χ0n) is 8.43. The summed E-state index contributed by atoms with van der Waals surface area (Å²) in [5, 5.41) is 0. The molecule has 0 aliphatic carbocycles. The smallest absolute Gasteiger partial charge is 0.201 e. The molecule has 0 saturated heterocycles. The van der Waals surface area contributed by atoms with Crippen molar-refractivity contribution >= 4 is 5.78 Å². The number of halogens is 2. The van der Waals surface area contributed by atoms with Crippen LogP contribution in [-0.2, 0) is 0 Å². The number of benzene rings is 1. The lowest BCUT2D eigenvalue weighted by molar-refractivity contribution is 0.0588. The van der Waals surface area contributed by atoms with Gasteiger partial charge in [-0.2, -0.15) is 4.39 Å². The number of fused-ring (bicyclic) bond motifs is 1. The standard InChI is InChI=1S/C11H10F2O2/c1-11(2)5-8(14)6-3-4-7(12)9(13)10(6)15-11/h3-4H,5H2,1-2H3. The molecule has 4 heteroatoms. The fourth-order valence-corrected chi connectivity index (χ4v) is 1.65. The largest absolute Gasteiger partial charge is 0.483 e. The van der Waals surface area contributed by atoms with Crippen LogP contribution < -0.4 is 4.74 Å². The Morgan fingerprint density at radius 2 is 2.00 bits per heavy atom. The molecule has 0 saturated carbocycles. The van der Waals surface area contributed by atoms with Crippen molar-refractivity contribution in [2.75, 3.05) is 0 Å². The average molecular weight is 212 g/mol. The molecule has 0 N–H and O–H groups in total. The van der Waals surface area contributed by atoms with Gasteiger partial charge in [-0.25, -0.2) is 4.39 Å². The van der Waals surface area contributed by atoms with Crippen molar-refractivity contribution in [1.82, 2.24) is 0 Å². The van der Waals surface area contributed by atoms with Crippen LogP contribution in [0.3, 0.4) is 0 Å². The van der Waals surface area contributed by atoms with Crippen LogP contribution in [0.5, 0.6) is 5.75 Å². The SMILES string of the molecule is CC1(C)CC(=O)c2ccc(F)c(F)c2O1. The van der Waals surface area contributed by atoms with Crippen molar-refractivity contribution in [2.24, 2.45) is 0 Å². The van der Waals surface area contributed by atoms with E-state index in [2.05, 4.69) is 0 Å². The normalized spacial score (nSPS) is 18.3. The summed E-state index contributed by atoms with van der Waals surface area (Å²) in [4.78, 5) is 11.6. The van der Waals surface area contributed by atoms with Crippen LogP contribution in [0.4, 0.5) is 8.78 Å². The lowest BCUT2D eigenvalue weighted by Gasteiger charge is -2.31. The Kier molecular flexibility index (Phi) is 2.03. The van der Waals surface area contributed by atoms with Gasteiger partial charge in [0.05, 0.1) is 12.0 Å². The Bertz CT molecular complexity index is 438. The van der Waals surface area contributed by atoms with Gasteiger partial charge in [0, 0.05) is 0 Å². The number of carbonyl (C=O) groups is 1. The molecular weight excluding hydrogens is 202 g/mol. The molecule has 2 nitrogen and oxygen atoms in total. The molecule has 1 heterocycles. The van der Waals surface area contributed by atoms with E-state index in [0.717, 1.165) is 6.07 Å². The average Bonchev–Trinajstić information content (AvgIpc) is 2.10. The number of ketones is 1. The molecule has 1 aromatic rings. The Hall–Kier alpha value is -1.45. The van der Waals surface area contributed by atoms with E-state index >= 15 is 0 Å². The maximum Gasteiger partial charge on any atom is 0.201 e. The topological polar surface area (TPSA) is 26.3 Å². The van der Waals surface area contributed by atoms with Gasteiger partial charge in [0.1, 0.15) is 5.60 Å². The lowest BCUT2D eigenvalue weighted by Crippen LogP contribution is -2.36. The third-order valence-corrected chi connectivity index (χ3v) is 2.32. The van der Waals surface area contributed by atoms with Gasteiger partial charge in [-0.1, -0.05) is 0 Å². The molecule has 0 radical (unpaired) electrons. The predicted molar refractivity (Wildman–Crippen MR) is 50.0 cm³/mol. The van der Waals surface area contributed by atoms with Gasteiger partial charge in [-0.15, -0.1) is 0 Å². The van der Waals surface area contributed by atoms with Crippen LogP contribution in [0.25, 0.3) is 0 Å². The van der Waals surface area contributed by atoms with Crippen LogP contribution in [0.15, 0.2) is 12.1 Å². The van der Waals surface area contributed by atoms with Crippen molar-refractivity contribution in [3.8, 4) is 5.75 Å². The van der Waals surface area contributed by atoms with Crippen molar-refractivity contribution in [1.29, 1.82) is 0 Å². The van der Waals surface area contributed by atoms with E-state index in [-0.39, 0.29) is 23.5 Å². The number of Topliss-reactive ketones (excluding diaryl/α,β-unsaturated/α-hetero) is 1. The van der Waals surface area contributed by atoms with Crippen LogP contribution in [-0.4, -0.2) is 11.4 Å². The zero-order chi connectivity index (χ0) is 11.2. The highest BCUT2D eigenvalue weighted by molar-refractivity contribution is 6.00. The molecule has 1 aromatic carbocycles. The Morgan fingerprint density at radius 1 is 1.33 bits per heavy atom. The first-order valence-electron chi connectivity index (χ1n) is 4.61. The van der Waals surface area contributed by atoms with E-state index in [0.29, 0.717) is 0 Å². The first kappa shape index (κ1) is 10.1. The van der Waals surface area contributed by atoms with E-state index < -0.39 is 17.2 Å². The summed E-state index contributed by atoms with van der Waals surface area (Å²) in [5.41, 5.74) is -0.660. The van der Waals surface area contributed by atoms with Crippen molar-refractivity contribution in [3.63, 3.8) is 0 Å². The van der Waals surface area contributed by atoms with Gasteiger partial charge in [-0.05, 0) is 26.0 Å². The number of hydrogen-bond acceptors (Lipinski definition) is 2. The van der Waals surface area contributed by atoms with Gasteiger partial charge in [0.2, 0.25) is 5.82 Å². The van der Waals surface area contributed by atoms with E-state index in [4.69, 9.17) is 4.74 Å². The van der Waals surface area contributed by atoms with E-state index in [9.17, 15) is 13.6 Å². The van der Waals surface area contributed by atoms with Crippen LogP contribution in [0, 0.1) is 11.6 Å². The van der Waals surface area contributed by atoms with Crippen LogP contribution >= 0.6 is 0 Å². The van der Waals surface area contributed by atoms with E-state index in [1.54, 1.807) is 13.8 Å². The molecule has 0 bridgehead atoms. The quantitative estimate of drug-likeness (QED) is 0.660. The maximum atomic E-state index is 13.3. The summed E-state index contributed by atoms with van der Waals surface area (Å²) < 4.78 is 31.5. The molecule has 2 rings (SSSR count). The molecule has 1 aliphatic heterocycles. The van der Waals surface area contributed by atoms with Gasteiger partial charge in [-0.3, -0.25) is 4.79 Å². The number of rotatable bonds is 0. The van der Waals surface area contributed by atoms with Crippen LogP contribution in [0.2, 0.25) is 0 Å². The molecule has 0 unspecified atom stereocenters. The highest BCUT2D eigenvalue weighted by Gasteiger charge is 2.35. The fraction of sp³-hybridized carbons (Fsp3) is 0.364. The summed E-state index contributed by atoms with van der Waals surface area (Å²) in [6, 6.07) is 2.19. The highest BCUT2D eigenvalue weighted by Crippen LogP contribution is 2.35. The Labute approximate surface area is 85.9 Å². The zero-order valence-corrected chi connectivity index (χ0v) is 8.43.